The van der Waals surface area contributed by atoms with Gasteiger partial charge in [-0.3, -0.25) is 0 Å². The van der Waals surface area contributed by atoms with Gasteiger partial charge in [-0.2, -0.15) is 5.26 Å². The van der Waals surface area contributed by atoms with Crippen LogP contribution in [0.15, 0.2) is 60.9 Å². The highest BCUT2D eigenvalue weighted by Gasteiger charge is 2.04. The summed E-state index contributed by atoms with van der Waals surface area (Å²) in [6.45, 7) is 2.04. The monoisotopic (exact) mass is 301 g/mol. The molecule has 0 saturated carbocycles. The minimum atomic E-state index is 0.569. The third-order valence-electron chi connectivity index (χ3n) is 3.30. The molecule has 1 heterocycles. The molecule has 112 valence electrons. The molecule has 3 rings (SSSR count). The van der Waals surface area contributed by atoms with E-state index in [1.54, 1.807) is 12.1 Å². The van der Waals surface area contributed by atoms with Crippen molar-refractivity contribution in [2.75, 3.05) is 10.6 Å². The summed E-state index contributed by atoms with van der Waals surface area (Å²) in [5.41, 5.74) is 3.44. The van der Waals surface area contributed by atoms with Gasteiger partial charge in [0.1, 0.15) is 24.0 Å². The van der Waals surface area contributed by atoms with Gasteiger partial charge < -0.3 is 10.6 Å². The van der Waals surface area contributed by atoms with E-state index in [0.717, 1.165) is 11.4 Å². The summed E-state index contributed by atoms with van der Waals surface area (Å²) in [7, 11) is 0. The van der Waals surface area contributed by atoms with Gasteiger partial charge in [-0.25, -0.2) is 9.97 Å². The first-order valence-corrected chi connectivity index (χ1v) is 7.16. The number of aromatic nitrogens is 2. The van der Waals surface area contributed by atoms with Gasteiger partial charge in [0.05, 0.1) is 11.3 Å². The van der Waals surface area contributed by atoms with Gasteiger partial charge in [-0.1, -0.05) is 29.8 Å². The first-order chi connectivity index (χ1) is 11.2. The fraction of sp³-hybridized carbons (Fsp3) is 0.0556. The van der Waals surface area contributed by atoms with Crippen LogP contribution < -0.4 is 10.6 Å². The van der Waals surface area contributed by atoms with Gasteiger partial charge in [-0.15, -0.1) is 0 Å². The van der Waals surface area contributed by atoms with Crippen molar-refractivity contribution in [3.05, 3.63) is 72.1 Å². The maximum absolute atomic E-state index is 9.13. The van der Waals surface area contributed by atoms with E-state index in [0.29, 0.717) is 17.2 Å². The molecule has 0 amide bonds. The average Bonchev–Trinajstić information content (AvgIpc) is 2.58. The van der Waals surface area contributed by atoms with Crippen molar-refractivity contribution in [1.82, 2.24) is 9.97 Å². The second-order valence-electron chi connectivity index (χ2n) is 5.06. The van der Waals surface area contributed by atoms with Crippen LogP contribution in [-0.4, -0.2) is 9.97 Å². The standard InChI is InChI=1S/C18H15N5/c1-13-6-8-15(9-7-13)22-17-10-18(21-12-20-17)23-16-5-3-2-4-14(16)11-19/h2-10,12H,1H3,(H2,20,21,22,23). The number of nitrogens with zero attached hydrogens (tertiary/aromatic N) is 3. The number of nitriles is 1. The topological polar surface area (TPSA) is 73.6 Å². The molecule has 5 nitrogen and oxygen atoms in total. The third-order valence-corrected chi connectivity index (χ3v) is 3.30. The quantitative estimate of drug-likeness (QED) is 0.757. The van der Waals surface area contributed by atoms with Crippen molar-refractivity contribution in [3.63, 3.8) is 0 Å². The lowest BCUT2D eigenvalue weighted by molar-refractivity contribution is 1.17. The largest absolute Gasteiger partial charge is 0.340 e. The molecule has 0 bridgehead atoms. The zero-order chi connectivity index (χ0) is 16.1. The summed E-state index contributed by atoms with van der Waals surface area (Å²) in [5, 5.41) is 15.5. The van der Waals surface area contributed by atoms with Crippen molar-refractivity contribution in [1.29, 1.82) is 5.26 Å². The Kier molecular flexibility index (Phi) is 4.16. The predicted molar refractivity (Wildman–Crippen MR) is 90.9 cm³/mol. The van der Waals surface area contributed by atoms with Gasteiger partial charge in [0, 0.05) is 11.8 Å². The molecule has 0 aliphatic heterocycles. The van der Waals surface area contributed by atoms with E-state index in [4.69, 9.17) is 5.26 Å². The highest BCUT2D eigenvalue weighted by molar-refractivity contribution is 5.67. The molecule has 0 spiro atoms. The highest BCUT2D eigenvalue weighted by atomic mass is 15.1. The normalized spacial score (nSPS) is 9.91. The summed E-state index contributed by atoms with van der Waals surface area (Å²) in [6.07, 6.45) is 1.48. The zero-order valence-electron chi connectivity index (χ0n) is 12.6. The molecule has 2 N–H and O–H groups in total. The number of para-hydroxylation sites is 1. The lowest BCUT2D eigenvalue weighted by atomic mass is 10.2. The maximum Gasteiger partial charge on any atom is 0.135 e. The molecule has 5 heteroatoms. The molecule has 1 aromatic heterocycles. The van der Waals surface area contributed by atoms with E-state index in [1.165, 1.54) is 11.9 Å². The lowest BCUT2D eigenvalue weighted by Crippen LogP contribution is -1.99. The van der Waals surface area contributed by atoms with E-state index in [2.05, 4.69) is 26.7 Å². The van der Waals surface area contributed by atoms with Gasteiger partial charge in [-0.05, 0) is 31.2 Å². The van der Waals surface area contributed by atoms with E-state index < -0.39 is 0 Å². The Morgan fingerprint density at radius 1 is 0.913 bits per heavy atom. The van der Waals surface area contributed by atoms with Crippen LogP contribution in [0, 0.1) is 18.3 Å². The Labute approximate surface area is 134 Å². The first kappa shape index (κ1) is 14.5. The first-order valence-electron chi connectivity index (χ1n) is 7.16. The van der Waals surface area contributed by atoms with Crippen LogP contribution in [-0.2, 0) is 0 Å². The summed E-state index contributed by atoms with van der Waals surface area (Å²) in [6, 6.07) is 19.3. The third kappa shape index (κ3) is 3.63. The zero-order valence-corrected chi connectivity index (χ0v) is 12.6. The van der Waals surface area contributed by atoms with Crippen molar-refractivity contribution in [2.45, 2.75) is 6.92 Å². The number of nitrogens with one attached hydrogen (secondary N) is 2. The van der Waals surface area contributed by atoms with Gasteiger partial charge in [0.15, 0.2) is 0 Å². The highest BCUT2D eigenvalue weighted by Crippen LogP contribution is 2.21. The summed E-state index contributed by atoms with van der Waals surface area (Å²) in [5.74, 6) is 1.30. The number of anilines is 4. The minimum Gasteiger partial charge on any atom is -0.340 e. The molecule has 0 saturated heterocycles. The maximum atomic E-state index is 9.13. The average molecular weight is 301 g/mol. The van der Waals surface area contributed by atoms with Crippen LogP contribution in [0.3, 0.4) is 0 Å². The number of benzene rings is 2. The minimum absolute atomic E-state index is 0.569. The van der Waals surface area contributed by atoms with Crippen molar-refractivity contribution >= 4 is 23.0 Å². The van der Waals surface area contributed by atoms with E-state index in [-0.39, 0.29) is 0 Å². The molecule has 0 radical (unpaired) electrons. The Balaban J connectivity index is 1.80. The SMILES string of the molecule is Cc1ccc(Nc2cc(Nc3ccccc3C#N)ncn2)cc1. The van der Waals surface area contributed by atoms with Gasteiger partial charge in [0.25, 0.3) is 0 Å². The number of hydrogen-bond acceptors (Lipinski definition) is 5. The second-order valence-corrected chi connectivity index (χ2v) is 5.06. The molecule has 0 aliphatic rings. The smallest absolute Gasteiger partial charge is 0.135 e. The van der Waals surface area contributed by atoms with Crippen molar-refractivity contribution in [3.8, 4) is 6.07 Å². The van der Waals surface area contributed by atoms with E-state index in [9.17, 15) is 0 Å². The van der Waals surface area contributed by atoms with Crippen molar-refractivity contribution < 1.29 is 0 Å². The summed E-state index contributed by atoms with van der Waals surface area (Å²) in [4.78, 5) is 8.41. The van der Waals surface area contributed by atoms with Crippen LogP contribution in [0.5, 0.6) is 0 Å². The van der Waals surface area contributed by atoms with Crippen molar-refractivity contribution in [2.24, 2.45) is 0 Å². The molecule has 0 atom stereocenters. The molecule has 0 unspecified atom stereocenters. The Morgan fingerprint density at radius 3 is 2.35 bits per heavy atom. The lowest BCUT2D eigenvalue weighted by Gasteiger charge is -2.09. The molecule has 2 aromatic carbocycles. The van der Waals surface area contributed by atoms with Gasteiger partial charge >= 0.3 is 0 Å². The van der Waals surface area contributed by atoms with Crippen LogP contribution in [0.4, 0.5) is 23.0 Å². The molecular formula is C18H15N5. The molecule has 0 aliphatic carbocycles. The van der Waals surface area contributed by atoms with Crippen LogP contribution >= 0.6 is 0 Å². The molecule has 3 aromatic rings. The fourth-order valence-electron chi connectivity index (χ4n) is 2.11. The van der Waals surface area contributed by atoms with Gasteiger partial charge in [0.2, 0.25) is 0 Å². The van der Waals surface area contributed by atoms with E-state index in [1.807, 2.05) is 49.4 Å². The summed E-state index contributed by atoms with van der Waals surface area (Å²) < 4.78 is 0. The Bertz CT molecular complexity index is 850. The predicted octanol–water partition coefficient (Wildman–Crippen LogP) is 4.14. The molecule has 23 heavy (non-hydrogen) atoms. The van der Waals surface area contributed by atoms with Crippen LogP contribution in [0.2, 0.25) is 0 Å². The summed E-state index contributed by atoms with van der Waals surface area (Å²) >= 11 is 0. The number of rotatable bonds is 4. The molecular weight excluding hydrogens is 286 g/mol. The Hall–Kier alpha value is -3.39. The van der Waals surface area contributed by atoms with Crippen LogP contribution in [0.1, 0.15) is 11.1 Å². The van der Waals surface area contributed by atoms with E-state index >= 15 is 0 Å². The number of aryl methyl sites for hydroxylation is 1. The molecule has 0 fully saturated rings. The number of hydrogen-bond donors (Lipinski definition) is 2. The Morgan fingerprint density at radius 2 is 1.61 bits per heavy atom. The fourth-order valence-corrected chi connectivity index (χ4v) is 2.11. The van der Waals surface area contributed by atoms with Crippen LogP contribution in [0.25, 0.3) is 0 Å². The second kappa shape index (κ2) is 6.58.